The topological polar surface area (TPSA) is 54.0 Å². The lowest BCUT2D eigenvalue weighted by Gasteiger charge is -2.11. The average molecular weight is 340 g/mol. The SMILES string of the molecule is COc1cc2c(C)cc(=O)c3cc(OC)c(OC)cc3c2cc1OC. The Morgan fingerprint density at radius 2 is 0.920 bits per heavy atom. The number of methoxy groups -OCH3 is 4. The van der Waals surface area contributed by atoms with Crippen LogP contribution in [0.15, 0.2) is 35.1 Å². The quantitative estimate of drug-likeness (QED) is 0.725. The lowest BCUT2D eigenvalue weighted by atomic mass is 10.0. The maximum Gasteiger partial charge on any atom is 0.186 e. The Morgan fingerprint density at radius 1 is 0.560 bits per heavy atom. The van der Waals surface area contributed by atoms with Crippen LogP contribution in [0.5, 0.6) is 23.0 Å². The van der Waals surface area contributed by atoms with Gasteiger partial charge in [0.15, 0.2) is 28.4 Å². The summed E-state index contributed by atoms with van der Waals surface area (Å²) in [6.07, 6.45) is 0. The molecule has 0 heterocycles. The molecule has 0 saturated carbocycles. The molecule has 0 aliphatic heterocycles. The second-order valence-corrected chi connectivity index (χ2v) is 5.70. The van der Waals surface area contributed by atoms with E-state index in [0.29, 0.717) is 28.4 Å². The van der Waals surface area contributed by atoms with Gasteiger partial charge in [0.1, 0.15) is 0 Å². The van der Waals surface area contributed by atoms with Crippen molar-refractivity contribution in [2.45, 2.75) is 6.92 Å². The van der Waals surface area contributed by atoms with Crippen LogP contribution in [0.1, 0.15) is 5.56 Å². The monoisotopic (exact) mass is 340 g/mol. The molecule has 0 unspecified atom stereocenters. The fourth-order valence-electron chi connectivity index (χ4n) is 3.09. The molecule has 0 aliphatic rings. The first-order valence-corrected chi connectivity index (χ1v) is 7.79. The molecule has 0 aromatic heterocycles. The van der Waals surface area contributed by atoms with Crippen LogP contribution in [-0.2, 0) is 0 Å². The first-order valence-electron chi connectivity index (χ1n) is 7.79. The van der Waals surface area contributed by atoms with Gasteiger partial charge >= 0.3 is 0 Å². The van der Waals surface area contributed by atoms with E-state index in [1.165, 1.54) is 0 Å². The van der Waals surface area contributed by atoms with Crippen LogP contribution in [0.2, 0.25) is 0 Å². The highest BCUT2D eigenvalue weighted by Gasteiger charge is 2.14. The summed E-state index contributed by atoms with van der Waals surface area (Å²) in [5, 5.41) is 3.12. The van der Waals surface area contributed by atoms with E-state index in [0.717, 1.165) is 21.7 Å². The molecule has 0 bridgehead atoms. The third-order valence-corrected chi connectivity index (χ3v) is 4.38. The Balaban J connectivity index is 2.60. The van der Waals surface area contributed by atoms with Crippen molar-refractivity contribution in [1.29, 1.82) is 0 Å². The third kappa shape index (κ3) is 2.71. The molecule has 0 aliphatic carbocycles. The van der Waals surface area contributed by atoms with Gasteiger partial charge in [0.05, 0.1) is 28.4 Å². The van der Waals surface area contributed by atoms with Gasteiger partial charge in [0.2, 0.25) is 0 Å². The van der Waals surface area contributed by atoms with Crippen LogP contribution in [0.3, 0.4) is 0 Å². The number of fused-ring (bicyclic) bond motifs is 3. The fourth-order valence-corrected chi connectivity index (χ4v) is 3.09. The molecule has 3 rings (SSSR count). The highest BCUT2D eigenvalue weighted by molar-refractivity contribution is 6.09. The minimum Gasteiger partial charge on any atom is -0.493 e. The van der Waals surface area contributed by atoms with Crippen LogP contribution in [-0.4, -0.2) is 28.4 Å². The molecule has 130 valence electrons. The molecule has 0 amide bonds. The first-order chi connectivity index (χ1) is 12.0. The van der Waals surface area contributed by atoms with Gasteiger partial charge in [-0.3, -0.25) is 4.79 Å². The van der Waals surface area contributed by atoms with E-state index in [1.807, 2.05) is 25.1 Å². The predicted molar refractivity (Wildman–Crippen MR) is 98.7 cm³/mol. The van der Waals surface area contributed by atoms with Crippen molar-refractivity contribution >= 4 is 21.5 Å². The van der Waals surface area contributed by atoms with E-state index in [4.69, 9.17) is 18.9 Å². The van der Waals surface area contributed by atoms with Crippen molar-refractivity contribution in [2.75, 3.05) is 28.4 Å². The second-order valence-electron chi connectivity index (χ2n) is 5.70. The number of benzene rings is 2. The molecule has 25 heavy (non-hydrogen) atoms. The van der Waals surface area contributed by atoms with E-state index < -0.39 is 0 Å². The van der Waals surface area contributed by atoms with Crippen molar-refractivity contribution < 1.29 is 18.9 Å². The highest BCUT2D eigenvalue weighted by Crippen LogP contribution is 2.38. The maximum absolute atomic E-state index is 12.7. The summed E-state index contributed by atoms with van der Waals surface area (Å²) in [6.45, 7) is 1.91. The molecule has 0 fully saturated rings. The first kappa shape index (κ1) is 16.9. The standard InChI is InChI=1S/C20H20O5/c1-11-6-16(21)15-10-20(25-5)19(24-4)9-14(15)13-8-18(23-3)17(22-2)7-12(11)13/h6-10H,1-5H3. The van der Waals surface area contributed by atoms with Gasteiger partial charge in [-0.1, -0.05) is 0 Å². The van der Waals surface area contributed by atoms with Crippen molar-refractivity contribution in [3.8, 4) is 23.0 Å². The van der Waals surface area contributed by atoms with Crippen LogP contribution < -0.4 is 24.4 Å². The third-order valence-electron chi connectivity index (χ3n) is 4.38. The number of rotatable bonds is 4. The maximum atomic E-state index is 12.7. The molecule has 0 N–H and O–H groups in total. The molecule has 5 nitrogen and oxygen atoms in total. The Morgan fingerprint density at radius 3 is 1.36 bits per heavy atom. The molecule has 3 aromatic rings. The molecule has 0 radical (unpaired) electrons. The van der Waals surface area contributed by atoms with Crippen LogP contribution in [0.25, 0.3) is 21.5 Å². The normalized spacial score (nSPS) is 10.8. The van der Waals surface area contributed by atoms with Gasteiger partial charge in [-0.25, -0.2) is 0 Å². The smallest absolute Gasteiger partial charge is 0.186 e. The number of ether oxygens (including phenoxy) is 4. The molecular weight excluding hydrogens is 320 g/mol. The van der Waals surface area contributed by atoms with Crippen LogP contribution >= 0.6 is 0 Å². The van der Waals surface area contributed by atoms with E-state index in [-0.39, 0.29) is 5.43 Å². The predicted octanol–water partition coefficient (Wildman–Crippen LogP) is 3.70. The van der Waals surface area contributed by atoms with Gasteiger partial charge in [-0.15, -0.1) is 0 Å². The van der Waals surface area contributed by atoms with Crippen molar-refractivity contribution in [3.63, 3.8) is 0 Å². The lowest BCUT2D eigenvalue weighted by molar-refractivity contribution is 0.355. The highest BCUT2D eigenvalue weighted by atomic mass is 16.5. The largest absolute Gasteiger partial charge is 0.493 e. The number of aryl methyl sites for hydroxylation is 1. The summed E-state index contributed by atoms with van der Waals surface area (Å²) in [4.78, 5) is 12.7. The Labute approximate surface area is 145 Å². The second kappa shape index (κ2) is 6.51. The van der Waals surface area contributed by atoms with Gasteiger partial charge in [0, 0.05) is 5.39 Å². The van der Waals surface area contributed by atoms with E-state index >= 15 is 0 Å². The summed E-state index contributed by atoms with van der Waals surface area (Å²) in [6, 6.07) is 8.94. The van der Waals surface area contributed by atoms with Crippen LogP contribution in [0, 0.1) is 6.92 Å². The van der Waals surface area contributed by atoms with Gasteiger partial charge in [-0.2, -0.15) is 0 Å². The molecule has 0 saturated heterocycles. The minimum atomic E-state index is -0.0809. The van der Waals surface area contributed by atoms with Gasteiger partial charge in [-0.05, 0) is 59.0 Å². The summed E-state index contributed by atoms with van der Waals surface area (Å²) in [5.74, 6) is 2.30. The minimum absolute atomic E-state index is 0.0809. The fraction of sp³-hybridized carbons (Fsp3) is 0.250. The van der Waals surface area contributed by atoms with Crippen molar-refractivity contribution in [1.82, 2.24) is 0 Å². The number of hydrogen-bond donors (Lipinski definition) is 0. The summed E-state index contributed by atoms with van der Waals surface area (Å²) in [5.41, 5.74) is 0.776. The Hall–Kier alpha value is -2.95. The van der Waals surface area contributed by atoms with Crippen LogP contribution in [0.4, 0.5) is 0 Å². The lowest BCUT2D eigenvalue weighted by Crippen LogP contribution is -1.98. The average Bonchev–Trinajstić information content (AvgIpc) is 2.74. The van der Waals surface area contributed by atoms with Crippen molar-refractivity contribution in [2.24, 2.45) is 0 Å². The Kier molecular flexibility index (Phi) is 4.40. The van der Waals surface area contributed by atoms with Gasteiger partial charge in [0.25, 0.3) is 0 Å². The summed E-state index contributed by atoms with van der Waals surface area (Å²) in [7, 11) is 6.30. The molecule has 0 spiro atoms. The van der Waals surface area contributed by atoms with Crippen molar-refractivity contribution in [3.05, 3.63) is 46.1 Å². The molecule has 5 heteroatoms. The van der Waals surface area contributed by atoms with Gasteiger partial charge < -0.3 is 18.9 Å². The van der Waals surface area contributed by atoms with E-state index in [1.54, 1.807) is 40.6 Å². The molecule has 0 atom stereocenters. The molecule has 3 aromatic carbocycles. The zero-order chi connectivity index (χ0) is 18.1. The molecular formula is C20H20O5. The van der Waals surface area contributed by atoms with E-state index in [2.05, 4.69) is 0 Å². The Bertz CT molecular complexity index is 1020. The van der Waals surface area contributed by atoms with E-state index in [9.17, 15) is 4.79 Å². The summed E-state index contributed by atoms with van der Waals surface area (Å²) < 4.78 is 21.6. The zero-order valence-electron chi connectivity index (χ0n) is 14.9. The number of hydrogen-bond acceptors (Lipinski definition) is 5. The summed E-state index contributed by atoms with van der Waals surface area (Å²) >= 11 is 0. The zero-order valence-corrected chi connectivity index (χ0v) is 14.9.